The SMILES string of the molecule is CC1CCC(C(C)C)C(OC(=O)CN2Cc3[nH]c(=O)[nH]c(=O)c3C2)C1. The molecule has 1 aromatic rings. The fourth-order valence-corrected chi connectivity index (χ4v) is 4.12. The van der Waals surface area contributed by atoms with Gasteiger partial charge in [-0.05, 0) is 30.6 Å². The van der Waals surface area contributed by atoms with Gasteiger partial charge in [0.25, 0.3) is 5.56 Å². The van der Waals surface area contributed by atoms with Gasteiger partial charge in [-0.2, -0.15) is 0 Å². The molecule has 1 saturated carbocycles. The smallest absolute Gasteiger partial charge is 0.325 e. The summed E-state index contributed by atoms with van der Waals surface area (Å²) < 4.78 is 5.81. The highest BCUT2D eigenvalue weighted by Gasteiger charge is 2.34. The van der Waals surface area contributed by atoms with Crippen LogP contribution in [-0.4, -0.2) is 33.5 Å². The predicted molar refractivity (Wildman–Crippen MR) is 93.0 cm³/mol. The Balaban J connectivity index is 1.60. The van der Waals surface area contributed by atoms with Crippen molar-refractivity contribution in [1.82, 2.24) is 14.9 Å². The van der Waals surface area contributed by atoms with E-state index in [1.807, 2.05) is 4.90 Å². The third-order valence-corrected chi connectivity index (χ3v) is 5.49. The average molecular weight is 349 g/mol. The van der Waals surface area contributed by atoms with E-state index in [-0.39, 0.29) is 24.2 Å². The normalized spacial score (nSPS) is 26.6. The van der Waals surface area contributed by atoms with Crippen molar-refractivity contribution in [3.8, 4) is 0 Å². The van der Waals surface area contributed by atoms with Gasteiger partial charge in [0, 0.05) is 18.8 Å². The third kappa shape index (κ3) is 4.03. The van der Waals surface area contributed by atoms with Crippen molar-refractivity contribution in [3.63, 3.8) is 0 Å². The number of carbonyl (C=O) groups excluding carboxylic acids is 1. The summed E-state index contributed by atoms with van der Waals surface area (Å²) >= 11 is 0. The van der Waals surface area contributed by atoms with Gasteiger partial charge >= 0.3 is 11.7 Å². The summed E-state index contributed by atoms with van der Waals surface area (Å²) in [6, 6.07) is 0. The van der Waals surface area contributed by atoms with E-state index < -0.39 is 5.69 Å². The number of rotatable bonds is 4. The van der Waals surface area contributed by atoms with Crippen LogP contribution in [-0.2, 0) is 22.6 Å². The number of aromatic nitrogens is 2. The van der Waals surface area contributed by atoms with Crippen LogP contribution in [0.2, 0.25) is 0 Å². The standard InChI is InChI=1S/C18H27N3O4/c1-10(2)12-5-4-11(3)6-15(12)25-16(22)9-21-7-13-14(8-21)19-18(24)20-17(13)23/h10-12,15H,4-9H2,1-3H3,(H2,19,20,23,24). The molecule has 0 amide bonds. The fraction of sp³-hybridized carbons (Fsp3) is 0.722. The molecule has 7 nitrogen and oxygen atoms in total. The van der Waals surface area contributed by atoms with E-state index >= 15 is 0 Å². The number of hydrogen-bond acceptors (Lipinski definition) is 5. The van der Waals surface area contributed by atoms with E-state index in [1.165, 1.54) is 6.42 Å². The lowest BCUT2D eigenvalue weighted by Crippen LogP contribution is -2.38. The second-order valence-electron chi connectivity index (χ2n) is 7.86. The van der Waals surface area contributed by atoms with Crippen molar-refractivity contribution >= 4 is 5.97 Å². The van der Waals surface area contributed by atoms with Crippen molar-refractivity contribution in [2.45, 2.75) is 59.2 Å². The Kier molecular flexibility index (Phi) is 5.13. The summed E-state index contributed by atoms with van der Waals surface area (Å²) in [5, 5.41) is 0. The number of aromatic amines is 2. The summed E-state index contributed by atoms with van der Waals surface area (Å²) in [6.07, 6.45) is 3.18. The van der Waals surface area contributed by atoms with E-state index in [2.05, 4.69) is 30.7 Å². The molecule has 3 atom stereocenters. The van der Waals surface area contributed by atoms with Crippen LogP contribution in [0.15, 0.2) is 9.59 Å². The molecular formula is C18H27N3O4. The second kappa shape index (κ2) is 7.15. The number of ether oxygens (including phenoxy) is 1. The van der Waals surface area contributed by atoms with Crippen LogP contribution >= 0.6 is 0 Å². The molecule has 3 rings (SSSR count). The lowest BCUT2D eigenvalue weighted by Gasteiger charge is -2.36. The van der Waals surface area contributed by atoms with E-state index in [4.69, 9.17) is 4.74 Å². The van der Waals surface area contributed by atoms with Gasteiger partial charge in [0.1, 0.15) is 6.10 Å². The minimum absolute atomic E-state index is 0.0237. The highest BCUT2D eigenvalue weighted by atomic mass is 16.5. The maximum atomic E-state index is 12.4. The molecular weight excluding hydrogens is 322 g/mol. The van der Waals surface area contributed by atoms with Crippen molar-refractivity contribution < 1.29 is 9.53 Å². The first-order valence-corrected chi connectivity index (χ1v) is 9.09. The van der Waals surface area contributed by atoms with E-state index in [0.29, 0.717) is 42.1 Å². The lowest BCUT2D eigenvalue weighted by atomic mass is 9.75. The molecule has 3 unspecified atom stereocenters. The molecule has 0 spiro atoms. The zero-order valence-corrected chi connectivity index (χ0v) is 15.1. The summed E-state index contributed by atoms with van der Waals surface area (Å²) in [5.41, 5.74) is 0.228. The predicted octanol–water partition coefficient (Wildman–Crippen LogP) is 1.38. The van der Waals surface area contributed by atoms with Crippen LogP contribution in [0.3, 0.4) is 0 Å². The lowest BCUT2D eigenvalue weighted by molar-refractivity contribution is -0.157. The van der Waals surface area contributed by atoms with Crippen LogP contribution in [0, 0.1) is 17.8 Å². The summed E-state index contributed by atoms with van der Waals surface area (Å²) in [7, 11) is 0. The molecule has 138 valence electrons. The number of hydrogen-bond donors (Lipinski definition) is 2. The first-order valence-electron chi connectivity index (χ1n) is 9.09. The molecule has 0 bridgehead atoms. The molecule has 1 aliphatic carbocycles. The highest BCUT2D eigenvalue weighted by molar-refractivity contribution is 5.72. The molecule has 1 fully saturated rings. The Labute approximate surface area is 146 Å². The van der Waals surface area contributed by atoms with Crippen LogP contribution in [0.5, 0.6) is 0 Å². The fourth-order valence-electron chi connectivity index (χ4n) is 4.12. The minimum Gasteiger partial charge on any atom is -0.461 e. The molecule has 7 heteroatoms. The maximum absolute atomic E-state index is 12.4. The molecule has 1 aromatic heterocycles. The van der Waals surface area contributed by atoms with Crippen LogP contribution in [0.25, 0.3) is 0 Å². The summed E-state index contributed by atoms with van der Waals surface area (Å²) in [4.78, 5) is 42.3. The molecule has 25 heavy (non-hydrogen) atoms. The Bertz CT molecular complexity index is 751. The molecule has 2 aliphatic rings. The Morgan fingerprint density at radius 2 is 2.00 bits per heavy atom. The quantitative estimate of drug-likeness (QED) is 0.801. The Morgan fingerprint density at radius 3 is 2.72 bits per heavy atom. The van der Waals surface area contributed by atoms with Crippen LogP contribution in [0.1, 0.15) is 51.3 Å². The van der Waals surface area contributed by atoms with Gasteiger partial charge in [-0.3, -0.25) is 19.5 Å². The number of nitrogens with zero attached hydrogens (tertiary/aromatic N) is 1. The highest BCUT2D eigenvalue weighted by Crippen LogP contribution is 2.35. The van der Waals surface area contributed by atoms with Crippen molar-refractivity contribution in [2.75, 3.05) is 6.54 Å². The van der Waals surface area contributed by atoms with E-state index in [1.54, 1.807) is 0 Å². The number of esters is 1. The maximum Gasteiger partial charge on any atom is 0.325 e. The van der Waals surface area contributed by atoms with E-state index in [9.17, 15) is 14.4 Å². The van der Waals surface area contributed by atoms with Crippen LogP contribution in [0.4, 0.5) is 0 Å². The van der Waals surface area contributed by atoms with Crippen molar-refractivity contribution in [1.29, 1.82) is 0 Å². The Hall–Kier alpha value is -1.89. The van der Waals surface area contributed by atoms with Gasteiger partial charge in [-0.25, -0.2) is 4.79 Å². The molecule has 2 heterocycles. The monoisotopic (exact) mass is 349 g/mol. The molecule has 1 aliphatic heterocycles. The topological polar surface area (TPSA) is 95.3 Å². The summed E-state index contributed by atoms with van der Waals surface area (Å²) in [6.45, 7) is 7.44. The van der Waals surface area contributed by atoms with Crippen LogP contribution < -0.4 is 11.2 Å². The van der Waals surface area contributed by atoms with Gasteiger partial charge in [-0.15, -0.1) is 0 Å². The number of fused-ring (bicyclic) bond motifs is 1. The van der Waals surface area contributed by atoms with E-state index in [0.717, 1.165) is 12.8 Å². The second-order valence-corrected chi connectivity index (χ2v) is 7.86. The zero-order valence-electron chi connectivity index (χ0n) is 15.1. The van der Waals surface area contributed by atoms with Gasteiger partial charge in [0.15, 0.2) is 0 Å². The van der Waals surface area contributed by atoms with Crippen molar-refractivity contribution in [2.24, 2.45) is 17.8 Å². The first-order chi connectivity index (χ1) is 11.8. The van der Waals surface area contributed by atoms with Gasteiger partial charge in [0.05, 0.1) is 12.1 Å². The number of H-pyrrole nitrogens is 2. The largest absolute Gasteiger partial charge is 0.461 e. The number of nitrogens with one attached hydrogen (secondary N) is 2. The zero-order chi connectivity index (χ0) is 18.1. The minimum atomic E-state index is -0.510. The number of carbonyl (C=O) groups is 1. The van der Waals surface area contributed by atoms with Crippen molar-refractivity contribution in [3.05, 3.63) is 32.1 Å². The molecule has 0 saturated heterocycles. The average Bonchev–Trinajstić information content (AvgIpc) is 2.89. The molecule has 2 N–H and O–H groups in total. The Morgan fingerprint density at radius 1 is 1.24 bits per heavy atom. The van der Waals surface area contributed by atoms with Gasteiger partial charge in [-0.1, -0.05) is 27.2 Å². The summed E-state index contributed by atoms with van der Waals surface area (Å²) in [5.74, 6) is 1.23. The molecule has 0 aromatic carbocycles. The van der Waals surface area contributed by atoms with Gasteiger partial charge in [0.2, 0.25) is 0 Å². The first kappa shape index (κ1) is 17.9. The molecule has 0 radical (unpaired) electrons. The third-order valence-electron chi connectivity index (χ3n) is 5.49. The van der Waals surface area contributed by atoms with Gasteiger partial charge < -0.3 is 9.72 Å².